The summed E-state index contributed by atoms with van der Waals surface area (Å²) in [6.07, 6.45) is 6.24. The molecule has 7 nitrogen and oxygen atoms in total. The highest BCUT2D eigenvalue weighted by molar-refractivity contribution is 7.89. The highest BCUT2D eigenvalue weighted by Gasteiger charge is 2.49. The maximum absolute atomic E-state index is 13.9. The topological polar surface area (TPSA) is 79.8 Å². The summed E-state index contributed by atoms with van der Waals surface area (Å²) in [6.45, 7) is 5.34. The van der Waals surface area contributed by atoms with Gasteiger partial charge in [0.15, 0.2) is 0 Å². The third-order valence-electron chi connectivity index (χ3n) is 6.75. The Hall–Kier alpha value is -2.71. The molecule has 4 heterocycles. The van der Waals surface area contributed by atoms with E-state index in [-0.39, 0.29) is 22.8 Å². The van der Waals surface area contributed by atoms with E-state index in [9.17, 15) is 13.2 Å². The van der Waals surface area contributed by atoms with Crippen molar-refractivity contribution in [3.63, 3.8) is 0 Å². The average molecular weight is 454 g/mol. The first-order valence-corrected chi connectivity index (χ1v) is 12.5. The second-order valence-corrected chi connectivity index (χ2v) is 10.5. The van der Waals surface area contributed by atoms with E-state index < -0.39 is 16.1 Å². The van der Waals surface area contributed by atoms with Crippen LogP contribution in [0.4, 0.5) is 0 Å². The molecule has 0 radical (unpaired) electrons. The van der Waals surface area contributed by atoms with Crippen LogP contribution in [0.15, 0.2) is 60.1 Å². The molecule has 1 aromatic heterocycles. The van der Waals surface area contributed by atoms with Gasteiger partial charge in [0.25, 0.3) is 0 Å². The summed E-state index contributed by atoms with van der Waals surface area (Å²) in [6, 6.07) is 9.63. The van der Waals surface area contributed by atoms with Gasteiger partial charge in [0.1, 0.15) is 11.8 Å². The number of hydrogen-bond acceptors (Lipinski definition) is 5. The molecule has 1 amide bonds. The third kappa shape index (κ3) is 3.61. The van der Waals surface area contributed by atoms with E-state index in [0.29, 0.717) is 39.0 Å². The van der Waals surface area contributed by atoms with Gasteiger partial charge in [0, 0.05) is 31.1 Å². The Morgan fingerprint density at radius 2 is 2.09 bits per heavy atom. The summed E-state index contributed by atoms with van der Waals surface area (Å²) >= 11 is 0. The molecule has 1 aromatic carbocycles. The number of sulfonamides is 1. The number of carbonyl (C=O) groups is 1. The molecule has 168 valence electrons. The van der Waals surface area contributed by atoms with Crippen LogP contribution in [0.1, 0.15) is 30.5 Å². The van der Waals surface area contributed by atoms with Crippen LogP contribution < -0.4 is 4.74 Å². The number of fused-ring (bicyclic) bond motifs is 3. The Balaban J connectivity index is 1.53. The largest absolute Gasteiger partial charge is 0.493 e. The molecule has 0 saturated carbocycles. The first kappa shape index (κ1) is 21.2. The van der Waals surface area contributed by atoms with Crippen LogP contribution in [0.3, 0.4) is 0 Å². The molecule has 2 unspecified atom stereocenters. The van der Waals surface area contributed by atoms with Crippen molar-refractivity contribution in [2.24, 2.45) is 5.92 Å². The van der Waals surface area contributed by atoms with Gasteiger partial charge in [-0.3, -0.25) is 9.78 Å². The van der Waals surface area contributed by atoms with Crippen molar-refractivity contribution in [1.29, 1.82) is 0 Å². The van der Waals surface area contributed by atoms with E-state index in [1.165, 1.54) is 4.31 Å². The number of amides is 1. The molecule has 3 atom stereocenters. The predicted octanol–water partition coefficient (Wildman–Crippen LogP) is 2.77. The molecule has 8 heteroatoms. The van der Waals surface area contributed by atoms with Crippen LogP contribution in [0.5, 0.6) is 5.75 Å². The van der Waals surface area contributed by atoms with Crippen LogP contribution in [0.25, 0.3) is 0 Å². The number of rotatable bonds is 5. The Bertz CT molecular complexity index is 1140. The van der Waals surface area contributed by atoms with Gasteiger partial charge < -0.3 is 9.64 Å². The maximum Gasteiger partial charge on any atom is 0.244 e. The highest BCUT2D eigenvalue weighted by Crippen LogP contribution is 2.39. The van der Waals surface area contributed by atoms with Gasteiger partial charge in [-0.05, 0) is 55.2 Å². The summed E-state index contributed by atoms with van der Waals surface area (Å²) in [5, 5.41) is 0. The number of benzene rings is 1. The lowest BCUT2D eigenvalue weighted by Gasteiger charge is -2.40. The molecule has 32 heavy (non-hydrogen) atoms. The smallest absolute Gasteiger partial charge is 0.244 e. The first-order chi connectivity index (χ1) is 15.5. The van der Waals surface area contributed by atoms with Gasteiger partial charge in [-0.25, -0.2) is 8.42 Å². The van der Waals surface area contributed by atoms with E-state index in [1.807, 2.05) is 18.2 Å². The van der Waals surface area contributed by atoms with Gasteiger partial charge in [-0.15, -0.1) is 6.58 Å². The number of piperidine rings is 1. The fourth-order valence-corrected chi connectivity index (χ4v) is 7.09. The zero-order chi connectivity index (χ0) is 22.3. The fourth-order valence-electron chi connectivity index (χ4n) is 5.17. The monoisotopic (exact) mass is 453 g/mol. The minimum Gasteiger partial charge on any atom is -0.493 e. The molecule has 2 aromatic rings. The van der Waals surface area contributed by atoms with Gasteiger partial charge in [-0.1, -0.05) is 12.1 Å². The Morgan fingerprint density at radius 1 is 1.22 bits per heavy atom. The molecule has 3 aliphatic heterocycles. The number of pyridine rings is 1. The molecule has 3 aliphatic rings. The predicted molar refractivity (Wildman–Crippen MR) is 119 cm³/mol. The van der Waals surface area contributed by atoms with E-state index in [2.05, 4.69) is 11.6 Å². The minimum absolute atomic E-state index is 0.152. The lowest BCUT2D eigenvalue weighted by atomic mass is 9.90. The second kappa shape index (κ2) is 8.33. The molecule has 2 bridgehead atoms. The van der Waals surface area contributed by atoms with E-state index in [1.54, 1.807) is 35.4 Å². The molecule has 0 N–H and O–H groups in total. The van der Waals surface area contributed by atoms with Crippen molar-refractivity contribution in [3.05, 3.63) is 66.5 Å². The standard InChI is InChI=1S/C24H27N3O4S/c1-2-17-15-26(16-19-6-3-4-12-25-19)24(28)22-8-5-7-21(17)27(22)32(29,30)20-9-10-23-18(14-20)11-13-31-23/h2-4,6,9-10,12,14,17,21-22H,1,5,7-8,11,13,15-16H2/t17-,21?,22?/m0/s1. The average Bonchev–Trinajstić information content (AvgIpc) is 3.27. The zero-order valence-corrected chi connectivity index (χ0v) is 18.7. The number of aromatic nitrogens is 1. The van der Waals surface area contributed by atoms with Crippen molar-refractivity contribution >= 4 is 15.9 Å². The SMILES string of the molecule is C=C[C@H]1CN(Cc2ccccn2)C(=O)C2CCCC1N2S(=O)(=O)c1ccc2c(c1)CCO2. The lowest BCUT2D eigenvalue weighted by molar-refractivity contribution is -0.135. The minimum atomic E-state index is -3.87. The van der Waals surface area contributed by atoms with Gasteiger partial charge in [0.05, 0.1) is 23.7 Å². The van der Waals surface area contributed by atoms with Gasteiger partial charge in [0.2, 0.25) is 15.9 Å². The Morgan fingerprint density at radius 3 is 2.88 bits per heavy atom. The lowest BCUT2D eigenvalue weighted by Crippen LogP contribution is -2.54. The molecule has 0 aliphatic carbocycles. The maximum atomic E-state index is 13.9. The van der Waals surface area contributed by atoms with Crippen LogP contribution in [-0.2, 0) is 27.8 Å². The number of carbonyl (C=O) groups excluding carboxylic acids is 1. The van der Waals surface area contributed by atoms with Crippen molar-refractivity contribution in [2.45, 2.75) is 49.2 Å². The summed E-state index contributed by atoms with van der Waals surface area (Å²) in [4.78, 5) is 20.0. The molecule has 2 fully saturated rings. The normalized spacial score (nSPS) is 25.7. The number of nitrogens with zero attached hydrogens (tertiary/aromatic N) is 3. The summed E-state index contributed by atoms with van der Waals surface area (Å²) in [5.41, 5.74) is 1.68. The number of hydrogen-bond donors (Lipinski definition) is 0. The molecular formula is C24H27N3O4S. The quantitative estimate of drug-likeness (QED) is 0.651. The van der Waals surface area contributed by atoms with Crippen molar-refractivity contribution in [3.8, 4) is 5.75 Å². The number of ether oxygens (including phenoxy) is 1. The third-order valence-corrected chi connectivity index (χ3v) is 8.68. The molecule has 5 rings (SSSR count). The Labute approximate surface area is 188 Å². The van der Waals surface area contributed by atoms with E-state index >= 15 is 0 Å². The van der Waals surface area contributed by atoms with Crippen molar-refractivity contribution < 1.29 is 17.9 Å². The van der Waals surface area contributed by atoms with Crippen LogP contribution >= 0.6 is 0 Å². The van der Waals surface area contributed by atoms with Crippen molar-refractivity contribution in [1.82, 2.24) is 14.2 Å². The molecule has 0 spiro atoms. The van der Waals surface area contributed by atoms with Crippen LogP contribution in [-0.4, -0.2) is 53.7 Å². The van der Waals surface area contributed by atoms with Crippen molar-refractivity contribution in [2.75, 3.05) is 13.2 Å². The molecular weight excluding hydrogens is 426 g/mol. The van der Waals surface area contributed by atoms with Crippen LogP contribution in [0, 0.1) is 5.92 Å². The highest BCUT2D eigenvalue weighted by atomic mass is 32.2. The van der Waals surface area contributed by atoms with E-state index in [0.717, 1.165) is 23.4 Å². The van der Waals surface area contributed by atoms with Gasteiger partial charge in [-0.2, -0.15) is 4.31 Å². The first-order valence-electron chi connectivity index (χ1n) is 11.1. The summed E-state index contributed by atoms with van der Waals surface area (Å²) in [7, 11) is -3.87. The second-order valence-electron chi connectivity index (χ2n) is 8.66. The zero-order valence-electron chi connectivity index (χ0n) is 17.9. The fraction of sp³-hybridized carbons (Fsp3) is 0.417. The van der Waals surface area contributed by atoms with Gasteiger partial charge >= 0.3 is 0 Å². The van der Waals surface area contributed by atoms with Crippen LogP contribution in [0.2, 0.25) is 0 Å². The summed E-state index contributed by atoms with van der Waals surface area (Å²) < 4.78 is 34.8. The Kier molecular flexibility index (Phi) is 5.51. The van der Waals surface area contributed by atoms with E-state index in [4.69, 9.17) is 4.74 Å². The summed E-state index contributed by atoms with van der Waals surface area (Å²) in [5.74, 6) is 0.430. The molecule has 2 saturated heterocycles.